The minimum atomic E-state index is -0.00624. The van der Waals surface area contributed by atoms with Crippen LogP contribution in [0.25, 0.3) is 0 Å². The van der Waals surface area contributed by atoms with Crippen molar-refractivity contribution in [3.63, 3.8) is 0 Å². The standard InChI is InChI=1S/C12H17N3O/c1-10(13)9-15-12(16)7-8-14(15)11-5-3-2-4-6-11/h2-6,10H,7-9,13H2,1H3. The van der Waals surface area contributed by atoms with E-state index in [0.717, 1.165) is 12.2 Å². The summed E-state index contributed by atoms with van der Waals surface area (Å²) in [6.07, 6.45) is 0.571. The van der Waals surface area contributed by atoms with Gasteiger partial charge >= 0.3 is 0 Å². The monoisotopic (exact) mass is 219 g/mol. The summed E-state index contributed by atoms with van der Waals surface area (Å²) in [5, 5.41) is 3.76. The summed E-state index contributed by atoms with van der Waals surface area (Å²) in [7, 11) is 0. The van der Waals surface area contributed by atoms with Crippen molar-refractivity contribution in [1.29, 1.82) is 0 Å². The van der Waals surface area contributed by atoms with Gasteiger partial charge in [0.25, 0.3) is 0 Å². The summed E-state index contributed by atoms with van der Waals surface area (Å²) in [6.45, 7) is 3.23. The fourth-order valence-corrected chi connectivity index (χ4v) is 1.93. The minimum Gasteiger partial charge on any atom is -0.326 e. The van der Waals surface area contributed by atoms with E-state index in [4.69, 9.17) is 5.73 Å². The van der Waals surface area contributed by atoms with Crippen molar-refractivity contribution in [2.45, 2.75) is 19.4 Å². The lowest BCUT2D eigenvalue weighted by Crippen LogP contribution is -2.45. The van der Waals surface area contributed by atoms with Crippen molar-refractivity contribution in [3.05, 3.63) is 30.3 Å². The molecule has 1 amide bonds. The summed E-state index contributed by atoms with van der Waals surface area (Å²) >= 11 is 0. The van der Waals surface area contributed by atoms with Crippen LogP contribution in [-0.4, -0.2) is 30.0 Å². The van der Waals surface area contributed by atoms with Crippen molar-refractivity contribution in [1.82, 2.24) is 5.01 Å². The van der Waals surface area contributed by atoms with Gasteiger partial charge in [-0.15, -0.1) is 0 Å². The zero-order chi connectivity index (χ0) is 11.5. The normalized spacial score (nSPS) is 18.0. The zero-order valence-corrected chi connectivity index (χ0v) is 9.47. The highest BCUT2D eigenvalue weighted by molar-refractivity contribution is 5.81. The third kappa shape index (κ3) is 2.17. The number of rotatable bonds is 3. The van der Waals surface area contributed by atoms with E-state index in [2.05, 4.69) is 0 Å². The molecule has 0 aliphatic carbocycles. The van der Waals surface area contributed by atoms with E-state index in [1.54, 1.807) is 5.01 Å². The Balaban J connectivity index is 2.18. The molecular formula is C12H17N3O. The second-order valence-corrected chi connectivity index (χ2v) is 4.16. The van der Waals surface area contributed by atoms with Crippen molar-refractivity contribution >= 4 is 11.6 Å². The summed E-state index contributed by atoms with van der Waals surface area (Å²) in [5.74, 6) is 0.154. The lowest BCUT2D eigenvalue weighted by molar-refractivity contribution is -0.128. The van der Waals surface area contributed by atoms with Gasteiger partial charge < -0.3 is 5.73 Å². The fraction of sp³-hybridized carbons (Fsp3) is 0.417. The molecule has 0 saturated carbocycles. The molecule has 1 aromatic carbocycles. The number of para-hydroxylation sites is 1. The van der Waals surface area contributed by atoms with E-state index in [-0.39, 0.29) is 11.9 Å². The molecule has 1 aliphatic rings. The molecule has 1 heterocycles. The highest BCUT2D eigenvalue weighted by Gasteiger charge is 2.29. The molecule has 0 bridgehead atoms. The van der Waals surface area contributed by atoms with Gasteiger partial charge in [-0.1, -0.05) is 18.2 Å². The van der Waals surface area contributed by atoms with Crippen LogP contribution in [0, 0.1) is 0 Å². The maximum Gasteiger partial charge on any atom is 0.242 e. The largest absolute Gasteiger partial charge is 0.326 e. The van der Waals surface area contributed by atoms with Gasteiger partial charge in [-0.3, -0.25) is 14.8 Å². The Hall–Kier alpha value is -1.55. The molecule has 4 nitrogen and oxygen atoms in total. The molecule has 4 heteroatoms. The number of anilines is 1. The molecule has 0 spiro atoms. The first-order chi connectivity index (χ1) is 7.68. The summed E-state index contributed by atoms with van der Waals surface area (Å²) in [5.41, 5.74) is 6.80. The first-order valence-electron chi connectivity index (χ1n) is 5.57. The van der Waals surface area contributed by atoms with Crippen LogP contribution in [0.2, 0.25) is 0 Å². The molecular weight excluding hydrogens is 202 g/mol. The molecule has 0 radical (unpaired) electrons. The third-order valence-electron chi connectivity index (χ3n) is 2.63. The number of benzene rings is 1. The van der Waals surface area contributed by atoms with Crippen molar-refractivity contribution in [3.8, 4) is 0 Å². The predicted molar refractivity (Wildman–Crippen MR) is 63.8 cm³/mol. The average Bonchev–Trinajstić information content (AvgIpc) is 2.61. The maximum absolute atomic E-state index is 11.7. The Bertz CT molecular complexity index is 364. The van der Waals surface area contributed by atoms with Gasteiger partial charge in [-0.25, -0.2) is 0 Å². The van der Waals surface area contributed by atoms with Gasteiger partial charge in [-0.2, -0.15) is 0 Å². The number of carbonyl (C=O) groups is 1. The van der Waals surface area contributed by atoms with Gasteiger partial charge in [0, 0.05) is 19.0 Å². The van der Waals surface area contributed by atoms with Crippen LogP contribution < -0.4 is 10.7 Å². The van der Waals surface area contributed by atoms with Gasteiger partial charge in [0.05, 0.1) is 12.2 Å². The Morgan fingerprint density at radius 3 is 2.69 bits per heavy atom. The van der Waals surface area contributed by atoms with E-state index < -0.39 is 0 Å². The van der Waals surface area contributed by atoms with Crippen molar-refractivity contribution in [2.24, 2.45) is 5.73 Å². The van der Waals surface area contributed by atoms with Crippen LogP contribution in [0.1, 0.15) is 13.3 Å². The van der Waals surface area contributed by atoms with Crippen molar-refractivity contribution in [2.75, 3.05) is 18.1 Å². The summed E-state index contributed by atoms with van der Waals surface area (Å²) in [6, 6.07) is 9.93. The molecule has 86 valence electrons. The number of hydrogen-bond acceptors (Lipinski definition) is 3. The van der Waals surface area contributed by atoms with E-state index in [0.29, 0.717) is 13.0 Å². The second kappa shape index (κ2) is 4.53. The van der Waals surface area contributed by atoms with Crippen LogP contribution in [0.5, 0.6) is 0 Å². The van der Waals surface area contributed by atoms with Gasteiger partial charge in [-0.05, 0) is 19.1 Å². The Morgan fingerprint density at radius 2 is 2.06 bits per heavy atom. The zero-order valence-electron chi connectivity index (χ0n) is 9.47. The van der Waals surface area contributed by atoms with Gasteiger partial charge in [0.2, 0.25) is 5.91 Å². The topological polar surface area (TPSA) is 49.6 Å². The van der Waals surface area contributed by atoms with E-state index in [1.807, 2.05) is 42.3 Å². The summed E-state index contributed by atoms with van der Waals surface area (Å²) in [4.78, 5) is 11.7. The summed E-state index contributed by atoms with van der Waals surface area (Å²) < 4.78 is 0. The lowest BCUT2D eigenvalue weighted by atomic mass is 10.3. The molecule has 16 heavy (non-hydrogen) atoms. The first-order valence-corrected chi connectivity index (χ1v) is 5.57. The Labute approximate surface area is 95.6 Å². The number of carbonyl (C=O) groups excluding carboxylic acids is 1. The molecule has 1 unspecified atom stereocenters. The van der Waals surface area contributed by atoms with Gasteiger partial charge in [0.15, 0.2) is 0 Å². The smallest absolute Gasteiger partial charge is 0.242 e. The average molecular weight is 219 g/mol. The molecule has 1 atom stereocenters. The third-order valence-corrected chi connectivity index (χ3v) is 2.63. The molecule has 2 rings (SSSR count). The van der Waals surface area contributed by atoms with Crippen LogP contribution in [0.15, 0.2) is 30.3 Å². The van der Waals surface area contributed by atoms with Gasteiger partial charge in [0.1, 0.15) is 0 Å². The molecule has 1 aliphatic heterocycles. The van der Waals surface area contributed by atoms with Crippen LogP contribution in [0.3, 0.4) is 0 Å². The Morgan fingerprint density at radius 1 is 1.38 bits per heavy atom. The second-order valence-electron chi connectivity index (χ2n) is 4.16. The first kappa shape index (κ1) is 11.0. The minimum absolute atomic E-state index is 0.00624. The molecule has 1 aromatic rings. The number of hydrogen-bond donors (Lipinski definition) is 1. The van der Waals surface area contributed by atoms with E-state index in [1.165, 1.54) is 0 Å². The highest BCUT2D eigenvalue weighted by atomic mass is 16.2. The fourth-order valence-electron chi connectivity index (χ4n) is 1.93. The van der Waals surface area contributed by atoms with E-state index in [9.17, 15) is 4.79 Å². The van der Waals surface area contributed by atoms with Crippen LogP contribution in [0.4, 0.5) is 5.69 Å². The molecule has 0 aromatic heterocycles. The number of hydrazine groups is 1. The van der Waals surface area contributed by atoms with Crippen LogP contribution in [-0.2, 0) is 4.79 Å². The van der Waals surface area contributed by atoms with Crippen LogP contribution >= 0.6 is 0 Å². The quantitative estimate of drug-likeness (QED) is 0.824. The number of nitrogens with two attached hydrogens (primary N) is 1. The molecule has 2 N–H and O–H groups in total. The van der Waals surface area contributed by atoms with Crippen molar-refractivity contribution < 1.29 is 4.79 Å². The Kier molecular flexibility index (Phi) is 3.10. The maximum atomic E-state index is 11.7. The highest BCUT2D eigenvalue weighted by Crippen LogP contribution is 2.21. The lowest BCUT2D eigenvalue weighted by Gasteiger charge is -2.30. The van der Waals surface area contributed by atoms with E-state index >= 15 is 0 Å². The predicted octanol–water partition coefficient (Wildman–Crippen LogP) is 0.987. The number of amides is 1. The molecule has 1 saturated heterocycles. The SMILES string of the molecule is CC(N)CN1C(=O)CCN1c1ccccc1. The molecule has 1 fully saturated rings. The number of nitrogens with zero attached hydrogens (tertiary/aromatic N) is 2.